The summed E-state index contributed by atoms with van der Waals surface area (Å²) < 4.78 is 0.771. The van der Waals surface area contributed by atoms with Crippen LogP contribution in [0.25, 0.3) is 21.3 Å². The van der Waals surface area contributed by atoms with Crippen LogP contribution in [-0.2, 0) is 0 Å². The molecule has 3 rings (SSSR count). The molecule has 1 heterocycles. The number of aryl methyl sites for hydroxylation is 1. The molecule has 0 aliphatic carbocycles. The normalized spacial score (nSPS) is 10.9. The number of fused-ring (bicyclic) bond motifs is 1. The first-order valence-corrected chi connectivity index (χ1v) is 6.55. The van der Waals surface area contributed by atoms with E-state index in [4.69, 9.17) is 11.6 Å². The Morgan fingerprint density at radius 1 is 1.06 bits per heavy atom. The SMILES string of the molecule is Cc1nc(-c2ccc3ccccc3c2)sc1Cl. The van der Waals surface area contributed by atoms with Crippen LogP contribution >= 0.6 is 22.9 Å². The number of nitrogens with zero attached hydrogens (tertiary/aromatic N) is 1. The molecule has 1 aromatic heterocycles. The standard InChI is InChI=1S/C14H10ClNS/c1-9-13(15)17-14(16-9)12-7-6-10-4-2-3-5-11(10)8-12/h2-8H,1H3. The maximum absolute atomic E-state index is 6.05. The lowest BCUT2D eigenvalue weighted by Crippen LogP contribution is -1.78. The lowest BCUT2D eigenvalue weighted by Gasteiger charge is -2.00. The van der Waals surface area contributed by atoms with Crippen LogP contribution in [0.15, 0.2) is 42.5 Å². The average molecular weight is 260 g/mol. The Kier molecular flexibility index (Phi) is 2.61. The van der Waals surface area contributed by atoms with Gasteiger partial charge in [0.2, 0.25) is 0 Å². The van der Waals surface area contributed by atoms with Crippen LogP contribution in [-0.4, -0.2) is 4.98 Å². The van der Waals surface area contributed by atoms with Gasteiger partial charge < -0.3 is 0 Å². The van der Waals surface area contributed by atoms with Crippen LogP contribution in [0.2, 0.25) is 4.34 Å². The number of hydrogen-bond donors (Lipinski definition) is 0. The molecule has 0 fully saturated rings. The van der Waals surface area contributed by atoms with E-state index in [0.29, 0.717) is 0 Å². The Hall–Kier alpha value is -1.38. The van der Waals surface area contributed by atoms with E-state index in [1.807, 2.05) is 19.1 Å². The maximum atomic E-state index is 6.05. The average Bonchev–Trinajstić information content (AvgIpc) is 2.69. The topological polar surface area (TPSA) is 12.9 Å². The highest BCUT2D eigenvalue weighted by Gasteiger charge is 2.07. The van der Waals surface area contributed by atoms with E-state index in [0.717, 1.165) is 20.6 Å². The number of benzene rings is 2. The predicted molar refractivity (Wildman–Crippen MR) is 74.8 cm³/mol. The molecule has 0 aliphatic rings. The van der Waals surface area contributed by atoms with E-state index in [2.05, 4.69) is 35.3 Å². The zero-order valence-electron chi connectivity index (χ0n) is 9.27. The van der Waals surface area contributed by atoms with E-state index < -0.39 is 0 Å². The van der Waals surface area contributed by atoms with Crippen molar-refractivity contribution in [1.29, 1.82) is 0 Å². The number of rotatable bonds is 1. The fraction of sp³-hybridized carbons (Fsp3) is 0.0714. The number of hydrogen-bond acceptors (Lipinski definition) is 2. The van der Waals surface area contributed by atoms with Gasteiger partial charge in [0, 0.05) is 5.56 Å². The van der Waals surface area contributed by atoms with Gasteiger partial charge in [-0.2, -0.15) is 0 Å². The Labute approximate surface area is 109 Å². The molecule has 0 aliphatic heterocycles. The smallest absolute Gasteiger partial charge is 0.125 e. The summed E-state index contributed by atoms with van der Waals surface area (Å²) in [4.78, 5) is 4.47. The van der Waals surface area contributed by atoms with E-state index in [1.165, 1.54) is 22.1 Å². The van der Waals surface area contributed by atoms with Gasteiger partial charge >= 0.3 is 0 Å². The first-order chi connectivity index (χ1) is 8.24. The molecule has 0 spiro atoms. The molecule has 0 saturated heterocycles. The summed E-state index contributed by atoms with van der Waals surface area (Å²) in [5.41, 5.74) is 2.03. The van der Waals surface area contributed by atoms with Crippen molar-refractivity contribution in [2.45, 2.75) is 6.92 Å². The zero-order chi connectivity index (χ0) is 11.8. The Morgan fingerprint density at radius 3 is 2.53 bits per heavy atom. The third kappa shape index (κ3) is 1.94. The van der Waals surface area contributed by atoms with Crippen LogP contribution in [0.1, 0.15) is 5.69 Å². The largest absolute Gasteiger partial charge is 0.240 e. The lowest BCUT2D eigenvalue weighted by molar-refractivity contribution is 1.27. The maximum Gasteiger partial charge on any atom is 0.125 e. The van der Waals surface area contributed by atoms with E-state index in [1.54, 1.807) is 0 Å². The summed E-state index contributed by atoms with van der Waals surface area (Å²) in [5.74, 6) is 0. The van der Waals surface area contributed by atoms with Gasteiger partial charge in [0.15, 0.2) is 0 Å². The summed E-state index contributed by atoms with van der Waals surface area (Å²) in [6, 6.07) is 14.7. The second kappa shape index (κ2) is 4.13. The van der Waals surface area contributed by atoms with Gasteiger partial charge in [-0.3, -0.25) is 0 Å². The number of aromatic nitrogens is 1. The molecular weight excluding hydrogens is 250 g/mol. The monoisotopic (exact) mass is 259 g/mol. The van der Waals surface area contributed by atoms with E-state index >= 15 is 0 Å². The minimum absolute atomic E-state index is 0.771. The number of thiazole rings is 1. The van der Waals surface area contributed by atoms with Gasteiger partial charge in [-0.05, 0) is 23.8 Å². The molecule has 3 aromatic rings. The van der Waals surface area contributed by atoms with Crippen molar-refractivity contribution in [2.24, 2.45) is 0 Å². The minimum Gasteiger partial charge on any atom is -0.240 e. The van der Waals surface area contributed by atoms with Crippen molar-refractivity contribution in [2.75, 3.05) is 0 Å². The predicted octanol–water partition coefficient (Wildman–Crippen LogP) is 4.93. The molecule has 0 saturated carbocycles. The molecule has 2 aromatic carbocycles. The van der Waals surface area contributed by atoms with Gasteiger partial charge in [-0.1, -0.05) is 48.0 Å². The van der Waals surface area contributed by atoms with Gasteiger partial charge in [0.05, 0.1) is 5.69 Å². The Morgan fingerprint density at radius 2 is 1.82 bits per heavy atom. The zero-order valence-corrected chi connectivity index (χ0v) is 10.8. The second-order valence-electron chi connectivity index (χ2n) is 3.94. The molecule has 1 nitrogen and oxygen atoms in total. The molecular formula is C14H10ClNS. The first-order valence-electron chi connectivity index (χ1n) is 5.36. The van der Waals surface area contributed by atoms with Crippen molar-refractivity contribution in [3.8, 4) is 10.6 Å². The van der Waals surface area contributed by atoms with Gasteiger partial charge in [-0.25, -0.2) is 4.98 Å². The minimum atomic E-state index is 0.771. The molecule has 84 valence electrons. The van der Waals surface area contributed by atoms with Crippen molar-refractivity contribution >= 4 is 33.7 Å². The molecule has 0 amide bonds. The van der Waals surface area contributed by atoms with Crippen molar-refractivity contribution in [3.63, 3.8) is 0 Å². The Balaban J connectivity index is 2.17. The quantitative estimate of drug-likeness (QED) is 0.604. The van der Waals surface area contributed by atoms with Gasteiger partial charge in [-0.15, -0.1) is 11.3 Å². The van der Waals surface area contributed by atoms with E-state index in [9.17, 15) is 0 Å². The molecule has 0 atom stereocenters. The third-order valence-electron chi connectivity index (χ3n) is 2.74. The molecule has 0 radical (unpaired) electrons. The van der Waals surface area contributed by atoms with Crippen LogP contribution in [0.5, 0.6) is 0 Å². The van der Waals surface area contributed by atoms with Crippen molar-refractivity contribution in [3.05, 3.63) is 52.5 Å². The highest BCUT2D eigenvalue weighted by molar-refractivity contribution is 7.19. The second-order valence-corrected chi connectivity index (χ2v) is 5.54. The van der Waals surface area contributed by atoms with Gasteiger partial charge in [0.25, 0.3) is 0 Å². The molecule has 0 bridgehead atoms. The van der Waals surface area contributed by atoms with Crippen LogP contribution in [0.3, 0.4) is 0 Å². The fourth-order valence-electron chi connectivity index (χ4n) is 1.82. The summed E-state index contributed by atoms with van der Waals surface area (Å²) in [6.45, 7) is 1.93. The molecule has 3 heteroatoms. The molecule has 0 unspecified atom stereocenters. The molecule has 0 N–H and O–H groups in total. The summed E-state index contributed by atoms with van der Waals surface area (Å²) in [6.07, 6.45) is 0. The van der Waals surface area contributed by atoms with Crippen LogP contribution in [0, 0.1) is 6.92 Å². The Bertz CT molecular complexity index is 668. The third-order valence-corrected chi connectivity index (χ3v) is 4.24. The van der Waals surface area contributed by atoms with Crippen LogP contribution < -0.4 is 0 Å². The summed E-state index contributed by atoms with van der Waals surface area (Å²) >= 11 is 7.58. The highest BCUT2D eigenvalue weighted by Crippen LogP contribution is 2.32. The van der Waals surface area contributed by atoms with Gasteiger partial charge in [0.1, 0.15) is 9.34 Å². The number of halogens is 1. The summed E-state index contributed by atoms with van der Waals surface area (Å²) in [5, 5.41) is 3.46. The van der Waals surface area contributed by atoms with Crippen LogP contribution in [0.4, 0.5) is 0 Å². The van der Waals surface area contributed by atoms with Crippen molar-refractivity contribution in [1.82, 2.24) is 4.98 Å². The highest BCUT2D eigenvalue weighted by atomic mass is 35.5. The summed E-state index contributed by atoms with van der Waals surface area (Å²) in [7, 11) is 0. The van der Waals surface area contributed by atoms with Crippen molar-refractivity contribution < 1.29 is 0 Å². The first kappa shape index (κ1) is 10.8. The van der Waals surface area contributed by atoms with E-state index in [-0.39, 0.29) is 0 Å². The lowest BCUT2D eigenvalue weighted by atomic mass is 10.1. The molecule has 17 heavy (non-hydrogen) atoms. The fourth-order valence-corrected chi connectivity index (χ4v) is 2.88.